The van der Waals surface area contributed by atoms with Crippen LogP contribution in [0.2, 0.25) is 0 Å². The second kappa shape index (κ2) is 8.26. The van der Waals surface area contributed by atoms with Crippen molar-refractivity contribution in [3.05, 3.63) is 74.9 Å². The van der Waals surface area contributed by atoms with Crippen LogP contribution in [0.4, 0.5) is 5.69 Å². The van der Waals surface area contributed by atoms with Gasteiger partial charge in [-0.1, -0.05) is 19.1 Å². The smallest absolute Gasteiger partial charge is 0.325 e. The topological polar surface area (TPSA) is 90.2 Å². The predicted octanol–water partition coefficient (Wildman–Crippen LogP) is 2.98. The molecule has 1 amide bonds. The first-order chi connectivity index (χ1) is 13.8. The minimum absolute atomic E-state index is 0.0619. The SMILES string of the molecule is CC[C@H](C)n1c(=O)c2ccccc2n(CC(=O)Nc2ccc(C(C)=O)cc2)c1=O. The molecule has 29 heavy (non-hydrogen) atoms. The number of aromatic nitrogens is 2. The summed E-state index contributed by atoms with van der Waals surface area (Å²) in [7, 11) is 0. The third kappa shape index (κ3) is 4.03. The van der Waals surface area contributed by atoms with Crippen molar-refractivity contribution in [2.75, 3.05) is 5.32 Å². The number of para-hydroxylation sites is 1. The highest BCUT2D eigenvalue weighted by molar-refractivity contribution is 5.95. The van der Waals surface area contributed by atoms with Gasteiger partial charge >= 0.3 is 5.69 Å². The Hall–Kier alpha value is -3.48. The standard InChI is InChI=1S/C22H23N3O4/c1-4-14(2)25-21(28)18-7-5-6-8-19(18)24(22(25)29)13-20(27)23-17-11-9-16(10-12-17)15(3)26/h5-12,14H,4,13H2,1-3H3,(H,23,27)/t14-/m0/s1. The van der Waals surface area contributed by atoms with Gasteiger partial charge in [-0.25, -0.2) is 4.79 Å². The Bertz CT molecular complexity index is 1190. The van der Waals surface area contributed by atoms with Crippen molar-refractivity contribution >= 4 is 28.3 Å². The van der Waals surface area contributed by atoms with Crippen LogP contribution in [-0.4, -0.2) is 20.8 Å². The summed E-state index contributed by atoms with van der Waals surface area (Å²) in [5.41, 5.74) is 0.629. The number of rotatable bonds is 6. The van der Waals surface area contributed by atoms with Gasteiger partial charge in [-0.05, 0) is 56.7 Å². The van der Waals surface area contributed by atoms with Gasteiger partial charge in [0.25, 0.3) is 5.56 Å². The summed E-state index contributed by atoms with van der Waals surface area (Å²) < 4.78 is 2.53. The molecule has 7 heteroatoms. The molecule has 0 saturated carbocycles. The van der Waals surface area contributed by atoms with Gasteiger partial charge in [0.2, 0.25) is 5.91 Å². The van der Waals surface area contributed by atoms with Crippen LogP contribution < -0.4 is 16.6 Å². The number of carbonyl (C=O) groups is 2. The van der Waals surface area contributed by atoms with Gasteiger partial charge in [0.05, 0.1) is 10.9 Å². The van der Waals surface area contributed by atoms with Gasteiger partial charge in [-0.3, -0.25) is 23.5 Å². The number of fused-ring (bicyclic) bond motifs is 1. The lowest BCUT2D eigenvalue weighted by molar-refractivity contribution is -0.116. The van der Waals surface area contributed by atoms with E-state index in [2.05, 4.69) is 5.32 Å². The molecule has 0 unspecified atom stereocenters. The zero-order valence-electron chi connectivity index (χ0n) is 16.6. The summed E-state index contributed by atoms with van der Waals surface area (Å²) in [5, 5.41) is 3.12. The van der Waals surface area contributed by atoms with Crippen molar-refractivity contribution in [2.45, 2.75) is 39.8 Å². The molecule has 0 spiro atoms. The average molecular weight is 393 g/mol. The number of benzene rings is 2. The van der Waals surface area contributed by atoms with E-state index < -0.39 is 11.6 Å². The number of anilines is 1. The van der Waals surface area contributed by atoms with Crippen molar-refractivity contribution in [3.63, 3.8) is 0 Å². The molecule has 1 atom stereocenters. The van der Waals surface area contributed by atoms with E-state index in [4.69, 9.17) is 0 Å². The summed E-state index contributed by atoms with van der Waals surface area (Å²) in [4.78, 5) is 49.8. The molecule has 0 fully saturated rings. The van der Waals surface area contributed by atoms with Gasteiger partial charge in [0.1, 0.15) is 6.54 Å². The molecule has 1 aromatic heterocycles. The maximum absolute atomic E-state index is 13.0. The summed E-state index contributed by atoms with van der Waals surface area (Å²) in [6.07, 6.45) is 0.613. The molecule has 0 saturated heterocycles. The van der Waals surface area contributed by atoms with E-state index in [0.29, 0.717) is 28.6 Å². The molecule has 2 aromatic carbocycles. The lowest BCUT2D eigenvalue weighted by atomic mass is 10.1. The maximum Gasteiger partial charge on any atom is 0.332 e. The van der Waals surface area contributed by atoms with Crippen molar-refractivity contribution in [2.24, 2.45) is 0 Å². The number of nitrogens with zero attached hydrogens (tertiary/aromatic N) is 2. The minimum Gasteiger partial charge on any atom is -0.325 e. The predicted molar refractivity (Wildman–Crippen MR) is 113 cm³/mol. The number of ketones is 1. The van der Waals surface area contributed by atoms with Gasteiger partial charge < -0.3 is 5.32 Å². The highest BCUT2D eigenvalue weighted by Gasteiger charge is 2.18. The number of Topliss-reactive ketones (excluding diaryl/α,β-unsaturated/α-hetero) is 1. The molecule has 7 nitrogen and oxygen atoms in total. The second-order valence-electron chi connectivity index (χ2n) is 7.00. The van der Waals surface area contributed by atoms with Gasteiger partial charge in [-0.15, -0.1) is 0 Å². The van der Waals surface area contributed by atoms with Gasteiger partial charge in [0.15, 0.2) is 5.78 Å². The molecule has 3 rings (SSSR count). The number of carbonyl (C=O) groups excluding carboxylic acids is 2. The van der Waals surface area contributed by atoms with Crippen LogP contribution >= 0.6 is 0 Å². The molecule has 150 valence electrons. The first-order valence-corrected chi connectivity index (χ1v) is 9.48. The van der Waals surface area contributed by atoms with Crippen molar-refractivity contribution in [3.8, 4) is 0 Å². The fourth-order valence-electron chi connectivity index (χ4n) is 3.20. The summed E-state index contributed by atoms with van der Waals surface area (Å²) in [5.74, 6) is -0.463. The lowest BCUT2D eigenvalue weighted by Crippen LogP contribution is -2.43. The Morgan fingerprint density at radius 1 is 1.03 bits per heavy atom. The minimum atomic E-state index is -0.509. The van der Waals surface area contributed by atoms with Crippen LogP contribution in [0.15, 0.2) is 58.1 Å². The summed E-state index contributed by atoms with van der Waals surface area (Å²) in [6.45, 7) is 4.94. The first-order valence-electron chi connectivity index (χ1n) is 9.48. The van der Waals surface area contributed by atoms with Crippen LogP contribution in [0.3, 0.4) is 0 Å². The number of amides is 1. The molecule has 0 bridgehead atoms. The molecule has 1 heterocycles. The second-order valence-corrected chi connectivity index (χ2v) is 7.00. The Balaban J connectivity index is 1.99. The van der Waals surface area contributed by atoms with Gasteiger partial charge in [0, 0.05) is 17.3 Å². The van der Waals surface area contributed by atoms with E-state index in [0.717, 1.165) is 0 Å². The quantitative estimate of drug-likeness (QED) is 0.652. The highest BCUT2D eigenvalue weighted by Crippen LogP contribution is 2.13. The Morgan fingerprint density at radius 3 is 2.31 bits per heavy atom. The average Bonchev–Trinajstić information content (AvgIpc) is 2.71. The van der Waals surface area contributed by atoms with Crippen LogP contribution in [0.5, 0.6) is 0 Å². The van der Waals surface area contributed by atoms with E-state index >= 15 is 0 Å². The van der Waals surface area contributed by atoms with E-state index in [-0.39, 0.29) is 23.9 Å². The van der Waals surface area contributed by atoms with Crippen LogP contribution in [0.25, 0.3) is 10.9 Å². The fourth-order valence-corrected chi connectivity index (χ4v) is 3.20. The van der Waals surface area contributed by atoms with E-state index in [1.807, 2.05) is 6.92 Å². The van der Waals surface area contributed by atoms with Crippen LogP contribution in [0, 0.1) is 0 Å². The van der Waals surface area contributed by atoms with E-state index in [1.165, 1.54) is 16.1 Å². The highest BCUT2D eigenvalue weighted by atomic mass is 16.2. The van der Waals surface area contributed by atoms with E-state index in [1.54, 1.807) is 55.5 Å². The Morgan fingerprint density at radius 2 is 1.69 bits per heavy atom. The fraction of sp³-hybridized carbons (Fsp3) is 0.273. The molecule has 1 N–H and O–H groups in total. The lowest BCUT2D eigenvalue weighted by Gasteiger charge is -2.17. The van der Waals surface area contributed by atoms with Gasteiger partial charge in [-0.2, -0.15) is 0 Å². The van der Waals surface area contributed by atoms with Crippen LogP contribution in [-0.2, 0) is 11.3 Å². The normalized spacial score (nSPS) is 12.0. The third-order valence-electron chi connectivity index (χ3n) is 4.99. The maximum atomic E-state index is 13.0. The Labute approximate surface area is 167 Å². The number of hydrogen-bond donors (Lipinski definition) is 1. The molecule has 0 aliphatic rings. The number of nitrogens with one attached hydrogen (secondary N) is 1. The largest absolute Gasteiger partial charge is 0.332 e. The van der Waals surface area contributed by atoms with Crippen molar-refractivity contribution in [1.82, 2.24) is 9.13 Å². The first kappa shape index (κ1) is 20.3. The molecule has 0 radical (unpaired) electrons. The Kier molecular flexibility index (Phi) is 5.77. The molecular formula is C22H23N3O4. The molecule has 3 aromatic rings. The summed E-state index contributed by atoms with van der Waals surface area (Å²) >= 11 is 0. The van der Waals surface area contributed by atoms with Crippen molar-refractivity contribution in [1.29, 1.82) is 0 Å². The third-order valence-corrected chi connectivity index (χ3v) is 4.99. The zero-order valence-corrected chi connectivity index (χ0v) is 16.6. The summed E-state index contributed by atoms with van der Waals surface area (Å²) in [6, 6.07) is 13.0. The molecular weight excluding hydrogens is 370 g/mol. The molecule has 0 aliphatic carbocycles. The molecule has 0 aliphatic heterocycles. The van der Waals surface area contributed by atoms with E-state index in [9.17, 15) is 19.2 Å². The van der Waals surface area contributed by atoms with Crippen LogP contribution in [0.1, 0.15) is 43.6 Å². The monoisotopic (exact) mass is 393 g/mol. The zero-order chi connectivity index (χ0) is 21.1. The van der Waals surface area contributed by atoms with Crippen molar-refractivity contribution < 1.29 is 9.59 Å². The number of hydrogen-bond acceptors (Lipinski definition) is 4.